The third kappa shape index (κ3) is 1.40. The molecule has 0 unspecified atom stereocenters. The first kappa shape index (κ1) is 6.52. The van der Waals surface area contributed by atoms with Crippen LogP contribution in [0.15, 0.2) is 0 Å². The van der Waals surface area contributed by atoms with Gasteiger partial charge in [-0.15, -0.1) is 0 Å². The number of hydrogen-bond donors (Lipinski definition) is 0. The number of ether oxygens (including phenoxy) is 1. The summed E-state index contributed by atoms with van der Waals surface area (Å²) in [5, 5.41) is 0. The van der Waals surface area contributed by atoms with E-state index in [0.29, 0.717) is 12.8 Å². The first-order chi connectivity index (χ1) is 4.20. The van der Waals surface area contributed by atoms with Crippen molar-refractivity contribution in [3.8, 4) is 0 Å². The summed E-state index contributed by atoms with van der Waals surface area (Å²) in [5.41, 5.74) is 0. The smallest absolute Gasteiger partial charge is 0.306 e. The predicted octanol–water partition coefficient (Wildman–Crippen LogP) is 1.05. The van der Waals surface area contributed by atoms with Crippen molar-refractivity contribution in [3.05, 3.63) is 0 Å². The van der Waals surface area contributed by atoms with E-state index in [0.717, 1.165) is 0 Å². The van der Waals surface area contributed by atoms with Gasteiger partial charge in [-0.05, 0) is 13.3 Å². The molecule has 0 aromatic carbocycles. The van der Waals surface area contributed by atoms with Gasteiger partial charge in [0.1, 0.15) is 12.3 Å². The molecular formula is C6H9FO2. The number of esters is 1. The highest BCUT2D eigenvalue weighted by Crippen LogP contribution is 2.18. The average molecular weight is 132 g/mol. The fourth-order valence-electron chi connectivity index (χ4n) is 0.870. The SMILES string of the molecule is C[C@@H](F)[C@@H]1CCC(=O)O1. The monoisotopic (exact) mass is 132 g/mol. The van der Waals surface area contributed by atoms with Crippen LogP contribution in [-0.2, 0) is 9.53 Å². The maximum absolute atomic E-state index is 12.3. The highest BCUT2D eigenvalue weighted by atomic mass is 19.1. The summed E-state index contributed by atoms with van der Waals surface area (Å²) in [5.74, 6) is -0.274. The Balaban J connectivity index is 2.39. The third-order valence-corrected chi connectivity index (χ3v) is 1.43. The van der Waals surface area contributed by atoms with Crippen LogP contribution in [-0.4, -0.2) is 18.2 Å². The molecule has 1 heterocycles. The molecule has 0 spiro atoms. The van der Waals surface area contributed by atoms with E-state index in [1.807, 2.05) is 0 Å². The Labute approximate surface area is 53.0 Å². The Morgan fingerprint density at radius 1 is 1.89 bits per heavy atom. The van der Waals surface area contributed by atoms with Gasteiger partial charge >= 0.3 is 5.97 Å². The summed E-state index contributed by atoms with van der Waals surface area (Å²) < 4.78 is 16.9. The van der Waals surface area contributed by atoms with Gasteiger partial charge in [0, 0.05) is 6.42 Å². The first-order valence-corrected chi connectivity index (χ1v) is 3.03. The number of alkyl halides is 1. The average Bonchev–Trinajstić information content (AvgIpc) is 2.14. The fraction of sp³-hybridized carbons (Fsp3) is 0.833. The second kappa shape index (κ2) is 2.33. The van der Waals surface area contributed by atoms with Crippen molar-refractivity contribution in [2.24, 2.45) is 0 Å². The second-order valence-corrected chi connectivity index (χ2v) is 2.24. The number of carbonyl (C=O) groups excluding carboxylic acids is 1. The molecule has 3 heteroatoms. The Morgan fingerprint density at radius 3 is 2.78 bits per heavy atom. The van der Waals surface area contributed by atoms with Crippen LogP contribution >= 0.6 is 0 Å². The molecule has 1 saturated heterocycles. The molecule has 1 rings (SSSR count). The molecule has 0 bridgehead atoms. The number of cyclic esters (lactones) is 1. The third-order valence-electron chi connectivity index (χ3n) is 1.43. The van der Waals surface area contributed by atoms with E-state index in [-0.39, 0.29) is 5.97 Å². The molecule has 1 aliphatic rings. The number of hydrogen-bond acceptors (Lipinski definition) is 2. The summed E-state index contributed by atoms with van der Waals surface area (Å²) in [7, 11) is 0. The molecule has 0 aliphatic carbocycles. The van der Waals surface area contributed by atoms with Crippen LogP contribution in [0.3, 0.4) is 0 Å². The maximum atomic E-state index is 12.3. The molecule has 1 aliphatic heterocycles. The van der Waals surface area contributed by atoms with Crippen LogP contribution in [0.25, 0.3) is 0 Å². The zero-order chi connectivity index (χ0) is 6.85. The van der Waals surface area contributed by atoms with Gasteiger partial charge < -0.3 is 4.74 Å². The van der Waals surface area contributed by atoms with Gasteiger partial charge in [0.25, 0.3) is 0 Å². The van der Waals surface area contributed by atoms with Gasteiger partial charge in [0.2, 0.25) is 0 Å². The standard InChI is InChI=1S/C6H9FO2/c1-4(7)5-2-3-6(8)9-5/h4-5H,2-3H2,1H3/t4-,5+/m1/s1. The van der Waals surface area contributed by atoms with Gasteiger partial charge in [-0.3, -0.25) is 4.79 Å². The topological polar surface area (TPSA) is 26.3 Å². The maximum Gasteiger partial charge on any atom is 0.306 e. The van der Waals surface area contributed by atoms with Crippen LogP contribution in [0.5, 0.6) is 0 Å². The summed E-state index contributed by atoms with van der Waals surface area (Å²) >= 11 is 0. The molecule has 2 atom stereocenters. The molecule has 0 aromatic heterocycles. The number of rotatable bonds is 1. The van der Waals surface area contributed by atoms with Crippen LogP contribution in [0.4, 0.5) is 4.39 Å². The number of halogens is 1. The Morgan fingerprint density at radius 2 is 2.56 bits per heavy atom. The molecule has 0 amide bonds. The minimum Gasteiger partial charge on any atom is -0.459 e. The van der Waals surface area contributed by atoms with Crippen molar-refractivity contribution >= 4 is 5.97 Å². The zero-order valence-electron chi connectivity index (χ0n) is 5.26. The molecule has 9 heavy (non-hydrogen) atoms. The normalized spacial score (nSPS) is 30.0. The van der Waals surface area contributed by atoms with E-state index in [2.05, 4.69) is 4.74 Å². The molecular weight excluding hydrogens is 123 g/mol. The van der Waals surface area contributed by atoms with E-state index in [4.69, 9.17) is 0 Å². The Hall–Kier alpha value is -0.600. The molecule has 52 valence electrons. The minimum atomic E-state index is -1.02. The lowest BCUT2D eigenvalue weighted by Crippen LogP contribution is -2.17. The summed E-state index contributed by atoms with van der Waals surface area (Å²) in [4.78, 5) is 10.4. The van der Waals surface area contributed by atoms with Gasteiger partial charge in [-0.25, -0.2) is 4.39 Å². The lowest BCUT2D eigenvalue weighted by molar-refractivity contribution is -0.143. The van der Waals surface area contributed by atoms with Gasteiger partial charge in [0.05, 0.1) is 0 Å². The van der Waals surface area contributed by atoms with Crippen molar-refractivity contribution in [2.45, 2.75) is 32.0 Å². The number of carbonyl (C=O) groups is 1. The first-order valence-electron chi connectivity index (χ1n) is 3.03. The largest absolute Gasteiger partial charge is 0.459 e. The van der Waals surface area contributed by atoms with E-state index in [1.54, 1.807) is 0 Å². The van der Waals surface area contributed by atoms with Gasteiger partial charge in [-0.2, -0.15) is 0 Å². The molecule has 1 fully saturated rings. The van der Waals surface area contributed by atoms with Crippen LogP contribution in [0.1, 0.15) is 19.8 Å². The molecule has 0 saturated carbocycles. The fourth-order valence-corrected chi connectivity index (χ4v) is 0.870. The Kier molecular flexibility index (Phi) is 1.69. The van der Waals surface area contributed by atoms with Crippen molar-refractivity contribution in [3.63, 3.8) is 0 Å². The van der Waals surface area contributed by atoms with Crippen LogP contribution in [0, 0.1) is 0 Å². The minimum absolute atomic E-state index is 0.274. The van der Waals surface area contributed by atoms with Crippen molar-refractivity contribution in [2.75, 3.05) is 0 Å². The Bertz CT molecular complexity index is 122. The van der Waals surface area contributed by atoms with Gasteiger partial charge in [-0.1, -0.05) is 0 Å². The molecule has 0 N–H and O–H groups in total. The van der Waals surface area contributed by atoms with Crippen molar-refractivity contribution < 1.29 is 13.9 Å². The quantitative estimate of drug-likeness (QED) is 0.498. The highest BCUT2D eigenvalue weighted by Gasteiger charge is 2.27. The van der Waals surface area contributed by atoms with Gasteiger partial charge in [0.15, 0.2) is 0 Å². The highest BCUT2D eigenvalue weighted by molar-refractivity contribution is 5.71. The van der Waals surface area contributed by atoms with Crippen molar-refractivity contribution in [1.29, 1.82) is 0 Å². The van der Waals surface area contributed by atoms with Crippen LogP contribution < -0.4 is 0 Å². The lowest BCUT2D eigenvalue weighted by Gasteiger charge is -2.08. The summed E-state index contributed by atoms with van der Waals surface area (Å²) in [6.07, 6.45) is -0.580. The van der Waals surface area contributed by atoms with E-state index in [9.17, 15) is 9.18 Å². The zero-order valence-corrected chi connectivity index (χ0v) is 5.26. The lowest BCUT2D eigenvalue weighted by atomic mass is 10.2. The molecule has 2 nitrogen and oxygen atoms in total. The van der Waals surface area contributed by atoms with E-state index in [1.165, 1.54) is 6.92 Å². The van der Waals surface area contributed by atoms with E-state index < -0.39 is 12.3 Å². The molecule has 0 radical (unpaired) electrons. The van der Waals surface area contributed by atoms with Crippen LogP contribution in [0.2, 0.25) is 0 Å². The molecule has 0 aromatic rings. The summed E-state index contributed by atoms with van der Waals surface area (Å²) in [6, 6.07) is 0. The van der Waals surface area contributed by atoms with E-state index >= 15 is 0 Å². The summed E-state index contributed by atoms with van der Waals surface area (Å²) in [6.45, 7) is 1.41. The van der Waals surface area contributed by atoms with Crippen molar-refractivity contribution in [1.82, 2.24) is 0 Å². The predicted molar refractivity (Wildman–Crippen MR) is 29.7 cm³/mol. The second-order valence-electron chi connectivity index (χ2n) is 2.24.